The van der Waals surface area contributed by atoms with Crippen molar-refractivity contribution in [3.63, 3.8) is 0 Å². The quantitative estimate of drug-likeness (QED) is 0.679. The van der Waals surface area contributed by atoms with Crippen LogP contribution < -0.4 is 10.4 Å². The Bertz CT molecular complexity index is 787. The Morgan fingerprint density at radius 1 is 0.696 bits per heavy atom. The highest BCUT2D eigenvalue weighted by atomic mass is 19.4. The van der Waals surface area contributed by atoms with Crippen molar-refractivity contribution in [3.8, 4) is 0 Å². The van der Waals surface area contributed by atoms with E-state index >= 15 is 0 Å². The van der Waals surface area contributed by atoms with Gasteiger partial charge in [0, 0.05) is 31.8 Å². The van der Waals surface area contributed by atoms with E-state index in [1.807, 2.05) is 60.8 Å². The third-order valence-corrected chi connectivity index (χ3v) is 3.65. The van der Waals surface area contributed by atoms with E-state index < -0.39 is 6.30 Å². The zero-order valence-corrected chi connectivity index (χ0v) is 12.5. The average molecular weight is 316 g/mol. The van der Waals surface area contributed by atoms with Gasteiger partial charge in [0.15, 0.2) is 0 Å². The molecule has 2 nitrogen and oxygen atoms in total. The van der Waals surface area contributed by atoms with E-state index in [-0.39, 0.29) is 4.90 Å². The van der Waals surface area contributed by atoms with E-state index in [1.54, 1.807) is 0 Å². The number of hydrogen-bond acceptors (Lipinski definition) is 2. The van der Waals surface area contributed by atoms with Gasteiger partial charge in [0.1, 0.15) is 0 Å². The monoisotopic (exact) mass is 316 g/mol. The molecule has 5 heteroatoms. The summed E-state index contributed by atoms with van der Waals surface area (Å²) in [7, 11) is 1.95. The van der Waals surface area contributed by atoms with Crippen LogP contribution in [0.15, 0.2) is 73.4 Å². The van der Waals surface area contributed by atoms with Crippen LogP contribution in [-0.4, -0.2) is 23.1 Å². The van der Waals surface area contributed by atoms with E-state index in [4.69, 9.17) is 0 Å². The highest BCUT2D eigenvalue weighted by Gasteiger charge is 2.34. The largest absolute Gasteiger partial charge is 0.488 e. The molecule has 23 heavy (non-hydrogen) atoms. The normalized spacial score (nSPS) is 17.4. The standard InChI is InChI=1S/C18H15F3N2/c1-22-10-6-16(7-11-22)14-2-4-15(5-3-14)17-8-12-23(13-9-17)18(19,20)21/h2-13H,1H3. The first-order valence-electron chi connectivity index (χ1n) is 7.08. The lowest BCUT2D eigenvalue weighted by Crippen LogP contribution is -2.29. The fraction of sp³-hybridized carbons (Fsp3) is 0.111. The molecule has 0 bridgehead atoms. The number of rotatable bonds is 0. The molecule has 0 atom stereocenters. The van der Waals surface area contributed by atoms with Gasteiger partial charge in [-0.3, -0.25) is 4.90 Å². The lowest BCUT2D eigenvalue weighted by Gasteiger charge is -2.21. The molecule has 0 saturated carbocycles. The predicted molar refractivity (Wildman–Crippen MR) is 84.7 cm³/mol. The smallest absolute Gasteiger partial charge is 0.357 e. The van der Waals surface area contributed by atoms with Crippen molar-refractivity contribution in [2.24, 2.45) is 0 Å². The van der Waals surface area contributed by atoms with Crippen molar-refractivity contribution in [3.05, 3.63) is 83.8 Å². The molecular weight excluding hydrogens is 301 g/mol. The summed E-state index contributed by atoms with van der Waals surface area (Å²) in [5, 5.41) is 1.94. The maximum absolute atomic E-state index is 12.6. The topological polar surface area (TPSA) is 6.48 Å². The Morgan fingerprint density at radius 3 is 1.48 bits per heavy atom. The first-order chi connectivity index (χ1) is 10.9. The van der Waals surface area contributed by atoms with Gasteiger partial charge in [-0.05, 0) is 45.9 Å². The first kappa shape index (κ1) is 15.2. The van der Waals surface area contributed by atoms with Gasteiger partial charge in [0.25, 0.3) is 0 Å². The van der Waals surface area contributed by atoms with E-state index in [0.717, 1.165) is 34.0 Å². The fourth-order valence-corrected chi connectivity index (χ4v) is 2.34. The molecule has 1 aromatic rings. The molecule has 118 valence electrons. The van der Waals surface area contributed by atoms with Crippen molar-refractivity contribution in [1.29, 1.82) is 0 Å². The predicted octanol–water partition coefficient (Wildman–Crippen LogP) is 2.82. The average Bonchev–Trinajstić information content (AvgIpc) is 2.55. The maximum Gasteiger partial charge on any atom is 0.488 e. The highest BCUT2D eigenvalue weighted by Crippen LogP contribution is 2.24. The molecule has 0 spiro atoms. The molecule has 0 aliphatic carbocycles. The second-order valence-corrected chi connectivity index (χ2v) is 5.29. The molecule has 2 aliphatic heterocycles. The van der Waals surface area contributed by atoms with Crippen LogP contribution in [0.25, 0.3) is 11.1 Å². The Morgan fingerprint density at radius 2 is 1.09 bits per heavy atom. The van der Waals surface area contributed by atoms with Crippen molar-refractivity contribution >= 4 is 11.1 Å². The lowest BCUT2D eigenvalue weighted by atomic mass is 10.1. The molecule has 2 heterocycles. The highest BCUT2D eigenvalue weighted by molar-refractivity contribution is 5.69. The van der Waals surface area contributed by atoms with E-state index in [2.05, 4.69) is 0 Å². The third kappa shape index (κ3) is 3.39. The van der Waals surface area contributed by atoms with Crippen LogP contribution in [0, 0.1) is 0 Å². The SMILES string of the molecule is CN1C=CC(=c2ccc(=C3C=CN(C(F)(F)F)C=C3)cc2)C=C1. The van der Waals surface area contributed by atoms with E-state index in [1.165, 1.54) is 12.2 Å². The van der Waals surface area contributed by atoms with Crippen molar-refractivity contribution < 1.29 is 13.2 Å². The van der Waals surface area contributed by atoms with Gasteiger partial charge in [0.05, 0.1) is 0 Å². The molecular formula is C18H15F3N2. The molecule has 0 saturated heterocycles. The second-order valence-electron chi connectivity index (χ2n) is 5.29. The van der Waals surface area contributed by atoms with Crippen molar-refractivity contribution in [1.82, 2.24) is 9.80 Å². The van der Waals surface area contributed by atoms with Gasteiger partial charge in [-0.25, -0.2) is 0 Å². The van der Waals surface area contributed by atoms with Crippen LogP contribution in [0.4, 0.5) is 13.2 Å². The molecule has 0 unspecified atom stereocenters. The zero-order valence-electron chi connectivity index (χ0n) is 12.5. The Labute approximate surface area is 132 Å². The van der Waals surface area contributed by atoms with Gasteiger partial charge >= 0.3 is 6.30 Å². The van der Waals surface area contributed by atoms with Crippen LogP contribution >= 0.6 is 0 Å². The molecule has 0 aromatic heterocycles. The van der Waals surface area contributed by atoms with Crippen LogP contribution in [0.1, 0.15) is 0 Å². The minimum absolute atomic E-state index is 0.231. The van der Waals surface area contributed by atoms with Crippen LogP contribution in [0.5, 0.6) is 0 Å². The fourth-order valence-electron chi connectivity index (χ4n) is 2.34. The number of allylic oxidation sites excluding steroid dienone is 4. The maximum atomic E-state index is 12.6. The van der Waals surface area contributed by atoms with Crippen LogP contribution in [-0.2, 0) is 0 Å². The number of hydrogen-bond donors (Lipinski definition) is 0. The second kappa shape index (κ2) is 5.83. The number of benzene rings is 1. The summed E-state index contributed by atoms with van der Waals surface area (Å²) < 4.78 is 37.7. The van der Waals surface area contributed by atoms with Crippen LogP contribution in [0.2, 0.25) is 0 Å². The van der Waals surface area contributed by atoms with E-state index in [0.29, 0.717) is 0 Å². The molecule has 2 aliphatic rings. The van der Waals surface area contributed by atoms with Gasteiger partial charge in [-0.2, -0.15) is 0 Å². The number of halogens is 3. The molecule has 3 rings (SSSR count). The summed E-state index contributed by atoms with van der Waals surface area (Å²) in [5.74, 6) is 0. The Hall–Kier alpha value is -2.69. The summed E-state index contributed by atoms with van der Waals surface area (Å²) in [6.07, 6.45) is 8.57. The zero-order chi connectivity index (χ0) is 16.4. The number of nitrogens with zero attached hydrogens (tertiary/aromatic N) is 2. The first-order valence-corrected chi connectivity index (χ1v) is 7.08. The minimum Gasteiger partial charge on any atom is -0.357 e. The Kier molecular flexibility index (Phi) is 3.86. The van der Waals surface area contributed by atoms with Gasteiger partial charge in [0.2, 0.25) is 0 Å². The number of alkyl halides is 3. The summed E-state index contributed by atoms with van der Waals surface area (Å²) in [5.41, 5.74) is 1.84. The van der Waals surface area contributed by atoms with Gasteiger partial charge in [-0.15, -0.1) is 13.2 Å². The Balaban J connectivity index is 1.92. The molecule has 1 aromatic carbocycles. The summed E-state index contributed by atoms with van der Waals surface area (Å²) >= 11 is 0. The molecule has 0 fully saturated rings. The molecule has 0 N–H and O–H groups in total. The summed E-state index contributed by atoms with van der Waals surface area (Å²) in [6, 6.07) is 7.76. The van der Waals surface area contributed by atoms with Crippen LogP contribution in [0.3, 0.4) is 0 Å². The summed E-state index contributed by atoms with van der Waals surface area (Å²) in [4.78, 5) is 2.19. The van der Waals surface area contributed by atoms with E-state index in [9.17, 15) is 13.2 Å². The van der Waals surface area contributed by atoms with Crippen molar-refractivity contribution in [2.75, 3.05) is 7.05 Å². The van der Waals surface area contributed by atoms with Gasteiger partial charge < -0.3 is 4.90 Å². The minimum atomic E-state index is -4.38. The van der Waals surface area contributed by atoms with Gasteiger partial charge in [-0.1, -0.05) is 24.3 Å². The molecule has 0 radical (unpaired) electrons. The molecule has 0 amide bonds. The summed E-state index contributed by atoms with van der Waals surface area (Å²) in [6.45, 7) is 0. The van der Waals surface area contributed by atoms with Crippen molar-refractivity contribution in [2.45, 2.75) is 6.30 Å². The lowest BCUT2D eigenvalue weighted by molar-refractivity contribution is -0.210. The third-order valence-electron chi connectivity index (χ3n) is 3.65.